The van der Waals surface area contributed by atoms with Gasteiger partial charge in [-0.3, -0.25) is 4.79 Å². The Hall–Kier alpha value is -0.370. The molecule has 4 aliphatic carbocycles. The van der Waals surface area contributed by atoms with Crippen molar-refractivity contribution in [2.24, 2.45) is 46.2 Å². The van der Waals surface area contributed by atoms with Gasteiger partial charge in [0.25, 0.3) is 0 Å². The molecule has 2 N–H and O–H groups in total. The van der Waals surface area contributed by atoms with Crippen LogP contribution in [0.25, 0.3) is 0 Å². The number of hydrogen-bond donors (Lipinski definition) is 1. The molecule has 0 radical (unpaired) electrons. The number of hydrogen-bond acceptors (Lipinski definition) is 2. The van der Waals surface area contributed by atoms with Crippen molar-refractivity contribution in [1.29, 1.82) is 0 Å². The monoisotopic (exact) mass is 317 g/mol. The zero-order chi connectivity index (χ0) is 16.4. The molecule has 130 valence electrons. The molecule has 0 saturated heterocycles. The summed E-state index contributed by atoms with van der Waals surface area (Å²) in [5, 5.41) is 0. The third-order valence-corrected chi connectivity index (χ3v) is 9.20. The van der Waals surface area contributed by atoms with Gasteiger partial charge < -0.3 is 5.73 Å². The molecule has 0 aromatic heterocycles. The summed E-state index contributed by atoms with van der Waals surface area (Å²) in [6.45, 7) is 6.89. The second-order valence-electron chi connectivity index (χ2n) is 9.98. The van der Waals surface area contributed by atoms with Crippen molar-refractivity contribution in [3.05, 3.63) is 0 Å². The van der Waals surface area contributed by atoms with Crippen LogP contribution in [0.1, 0.15) is 78.6 Å². The minimum atomic E-state index is 0.307. The topological polar surface area (TPSA) is 43.1 Å². The average Bonchev–Trinajstić information content (AvgIpc) is 2.85. The number of carbonyl (C=O) groups is 1. The highest BCUT2D eigenvalue weighted by molar-refractivity contribution is 5.79. The van der Waals surface area contributed by atoms with Gasteiger partial charge in [0.2, 0.25) is 0 Å². The van der Waals surface area contributed by atoms with Crippen molar-refractivity contribution in [2.45, 2.75) is 84.6 Å². The Morgan fingerprint density at radius 2 is 1.61 bits per heavy atom. The van der Waals surface area contributed by atoms with Crippen molar-refractivity contribution < 1.29 is 4.79 Å². The maximum atomic E-state index is 12.2. The van der Waals surface area contributed by atoms with Gasteiger partial charge in [0.05, 0.1) is 0 Å². The lowest BCUT2D eigenvalue weighted by atomic mass is 9.44. The van der Waals surface area contributed by atoms with Crippen LogP contribution in [0.5, 0.6) is 0 Å². The molecule has 2 nitrogen and oxygen atoms in total. The quantitative estimate of drug-likeness (QED) is 0.770. The largest absolute Gasteiger partial charge is 0.328 e. The highest BCUT2D eigenvalue weighted by Gasteiger charge is 2.60. The fraction of sp³-hybridized carbons (Fsp3) is 0.952. The van der Waals surface area contributed by atoms with Gasteiger partial charge in [-0.25, -0.2) is 0 Å². The molecule has 4 rings (SSSR count). The predicted octanol–water partition coefficient (Wildman–Crippen LogP) is 4.56. The van der Waals surface area contributed by atoms with Gasteiger partial charge in [-0.2, -0.15) is 0 Å². The second kappa shape index (κ2) is 5.31. The van der Waals surface area contributed by atoms with Crippen molar-refractivity contribution in [3.63, 3.8) is 0 Å². The first kappa shape index (κ1) is 16.1. The molecule has 4 aliphatic rings. The molecule has 0 aromatic rings. The van der Waals surface area contributed by atoms with Crippen LogP contribution in [-0.2, 0) is 4.79 Å². The fourth-order valence-corrected chi connectivity index (χ4v) is 7.96. The first-order valence-electron chi connectivity index (χ1n) is 10.1. The maximum absolute atomic E-state index is 12.2. The number of carbonyl (C=O) groups excluding carboxylic acids is 1. The average molecular weight is 318 g/mol. The molecular weight excluding hydrogens is 282 g/mol. The lowest BCUT2D eigenvalue weighted by molar-refractivity contribution is -0.134. The highest BCUT2D eigenvalue weighted by Crippen LogP contribution is 2.67. The van der Waals surface area contributed by atoms with Crippen molar-refractivity contribution in [3.8, 4) is 0 Å². The van der Waals surface area contributed by atoms with Crippen LogP contribution in [0.3, 0.4) is 0 Å². The lowest BCUT2D eigenvalue weighted by Crippen LogP contribution is -2.54. The molecule has 0 heterocycles. The molecule has 2 heteroatoms. The van der Waals surface area contributed by atoms with Crippen LogP contribution in [0.4, 0.5) is 0 Å². The van der Waals surface area contributed by atoms with Crippen LogP contribution in [0.2, 0.25) is 0 Å². The zero-order valence-electron chi connectivity index (χ0n) is 15.3. The zero-order valence-corrected chi connectivity index (χ0v) is 15.3. The summed E-state index contributed by atoms with van der Waals surface area (Å²) in [4.78, 5) is 12.2. The molecule has 0 aromatic carbocycles. The van der Waals surface area contributed by atoms with E-state index in [0.29, 0.717) is 28.6 Å². The Kier molecular flexibility index (Phi) is 3.72. The van der Waals surface area contributed by atoms with Gasteiger partial charge in [-0.1, -0.05) is 13.8 Å². The first-order valence-corrected chi connectivity index (χ1v) is 10.1. The molecule has 4 fully saturated rings. The Labute approximate surface area is 142 Å². The van der Waals surface area contributed by atoms with Crippen LogP contribution in [0, 0.1) is 40.4 Å². The van der Waals surface area contributed by atoms with E-state index in [9.17, 15) is 4.79 Å². The van der Waals surface area contributed by atoms with E-state index < -0.39 is 0 Å². The van der Waals surface area contributed by atoms with Crippen LogP contribution in [0.15, 0.2) is 0 Å². The Morgan fingerprint density at radius 1 is 0.913 bits per heavy atom. The van der Waals surface area contributed by atoms with E-state index >= 15 is 0 Å². The Bertz CT molecular complexity index is 502. The normalized spacial score (nSPS) is 55.7. The minimum Gasteiger partial charge on any atom is -0.328 e. The van der Waals surface area contributed by atoms with Crippen LogP contribution in [-0.4, -0.2) is 11.8 Å². The van der Waals surface area contributed by atoms with Gasteiger partial charge in [0.15, 0.2) is 0 Å². The summed E-state index contributed by atoms with van der Waals surface area (Å²) < 4.78 is 0. The standard InChI is InChI=1S/C21H35NO/c1-13(23)17-6-7-18-16-5-4-14-12-15(22)8-10-20(14,2)19(16)9-11-21(17,18)3/h14-19H,4-12,22H2,1-3H3/t14-,15-,16?,17?,18?,19?,20+,21-/m1/s1. The summed E-state index contributed by atoms with van der Waals surface area (Å²) in [5.74, 6) is 4.26. The summed E-state index contributed by atoms with van der Waals surface area (Å²) in [6.07, 6.45) is 11.8. The molecule has 0 amide bonds. The fourth-order valence-electron chi connectivity index (χ4n) is 7.96. The minimum absolute atomic E-state index is 0.307. The Morgan fingerprint density at radius 3 is 2.35 bits per heavy atom. The van der Waals surface area contributed by atoms with Gasteiger partial charge in [-0.05, 0) is 99.2 Å². The van der Waals surface area contributed by atoms with E-state index in [1.165, 1.54) is 51.4 Å². The van der Waals surface area contributed by atoms with Gasteiger partial charge in [0, 0.05) is 12.0 Å². The van der Waals surface area contributed by atoms with E-state index in [4.69, 9.17) is 5.73 Å². The van der Waals surface area contributed by atoms with Crippen molar-refractivity contribution >= 4 is 5.78 Å². The summed E-state index contributed by atoms with van der Waals surface area (Å²) in [7, 11) is 0. The summed E-state index contributed by atoms with van der Waals surface area (Å²) in [6, 6.07) is 0.451. The molecule has 0 bridgehead atoms. The summed E-state index contributed by atoms with van der Waals surface area (Å²) >= 11 is 0. The van der Waals surface area contributed by atoms with Gasteiger partial charge in [0.1, 0.15) is 5.78 Å². The number of Topliss-reactive ketones (excluding diaryl/α,β-unsaturated/α-hetero) is 1. The number of rotatable bonds is 1. The van der Waals surface area contributed by atoms with Crippen molar-refractivity contribution in [1.82, 2.24) is 0 Å². The molecule has 4 unspecified atom stereocenters. The van der Waals surface area contributed by atoms with Crippen LogP contribution < -0.4 is 5.73 Å². The molecule has 0 aliphatic heterocycles. The van der Waals surface area contributed by atoms with E-state index in [-0.39, 0.29) is 0 Å². The number of ketones is 1. The second-order valence-corrected chi connectivity index (χ2v) is 9.98. The molecular formula is C21H35NO. The van der Waals surface area contributed by atoms with E-state index in [2.05, 4.69) is 13.8 Å². The molecule has 23 heavy (non-hydrogen) atoms. The van der Waals surface area contributed by atoms with E-state index in [1.54, 1.807) is 0 Å². The third-order valence-electron chi connectivity index (χ3n) is 9.20. The van der Waals surface area contributed by atoms with Gasteiger partial charge >= 0.3 is 0 Å². The van der Waals surface area contributed by atoms with Crippen LogP contribution >= 0.6 is 0 Å². The number of fused-ring (bicyclic) bond motifs is 5. The number of nitrogens with two attached hydrogens (primary N) is 1. The summed E-state index contributed by atoms with van der Waals surface area (Å²) in [5.41, 5.74) is 7.13. The first-order chi connectivity index (χ1) is 10.9. The Balaban J connectivity index is 1.61. The predicted molar refractivity (Wildman–Crippen MR) is 93.9 cm³/mol. The molecule has 0 spiro atoms. The maximum Gasteiger partial charge on any atom is 0.133 e. The van der Waals surface area contributed by atoms with E-state index in [0.717, 1.165) is 30.1 Å². The lowest BCUT2D eigenvalue weighted by Gasteiger charge is -2.61. The third kappa shape index (κ3) is 2.19. The van der Waals surface area contributed by atoms with E-state index in [1.807, 2.05) is 6.92 Å². The molecule has 8 atom stereocenters. The highest BCUT2D eigenvalue weighted by atomic mass is 16.1. The van der Waals surface area contributed by atoms with Gasteiger partial charge in [-0.15, -0.1) is 0 Å². The SMILES string of the molecule is CC(=O)C1CCC2C3CC[C@@H]4C[C@H](N)CC[C@]4(C)C3CC[C@]12C. The van der Waals surface area contributed by atoms with Crippen molar-refractivity contribution in [2.75, 3.05) is 0 Å². The smallest absolute Gasteiger partial charge is 0.133 e. The molecule has 4 saturated carbocycles.